The molecule has 4 rings (SSSR count). The fourth-order valence-electron chi connectivity index (χ4n) is 3.36. The zero-order valence-corrected chi connectivity index (χ0v) is 19.3. The van der Waals surface area contributed by atoms with Gasteiger partial charge in [-0.2, -0.15) is 0 Å². The highest BCUT2D eigenvalue weighted by Gasteiger charge is 2.26. The average molecular weight is 476 g/mol. The van der Waals surface area contributed by atoms with Gasteiger partial charge in [0, 0.05) is 22.6 Å². The van der Waals surface area contributed by atoms with Gasteiger partial charge in [-0.1, -0.05) is 108 Å². The average Bonchev–Trinajstić information content (AvgIpc) is 3.15. The van der Waals surface area contributed by atoms with E-state index in [9.17, 15) is 9.59 Å². The lowest BCUT2D eigenvalue weighted by molar-refractivity contribution is -0.115. The van der Waals surface area contributed by atoms with Crippen molar-refractivity contribution >= 4 is 62.7 Å². The Morgan fingerprint density at radius 1 is 0.875 bits per heavy atom. The van der Waals surface area contributed by atoms with E-state index in [4.69, 9.17) is 23.8 Å². The molecule has 1 heterocycles. The number of rotatable bonds is 6. The minimum atomic E-state index is -0.236. The Balaban J connectivity index is 1.85. The summed E-state index contributed by atoms with van der Waals surface area (Å²) in [7, 11) is 0. The van der Waals surface area contributed by atoms with Crippen LogP contribution in [0, 0.1) is 0 Å². The summed E-state index contributed by atoms with van der Waals surface area (Å²) in [5.41, 5.74) is 3.87. The van der Waals surface area contributed by atoms with E-state index in [2.05, 4.69) is 5.32 Å². The molecule has 0 atom stereocenters. The van der Waals surface area contributed by atoms with Crippen molar-refractivity contribution in [3.8, 4) is 0 Å². The molecule has 1 fully saturated rings. The lowest BCUT2D eigenvalue weighted by Crippen LogP contribution is -2.18. The molecule has 1 saturated heterocycles. The van der Waals surface area contributed by atoms with Gasteiger partial charge in [0.1, 0.15) is 4.32 Å². The smallest absolute Gasteiger partial charge is 0.264 e. The maximum atomic E-state index is 13.1. The van der Waals surface area contributed by atoms with Gasteiger partial charge in [0.2, 0.25) is 0 Å². The van der Waals surface area contributed by atoms with Gasteiger partial charge in [-0.05, 0) is 34.9 Å². The molecule has 3 aromatic rings. The summed E-state index contributed by atoms with van der Waals surface area (Å²) in [6, 6.07) is 26.1. The van der Waals surface area contributed by atoms with Gasteiger partial charge in [0.15, 0.2) is 5.78 Å². The van der Waals surface area contributed by atoms with Crippen LogP contribution in [-0.2, 0) is 4.79 Å². The van der Waals surface area contributed by atoms with Crippen molar-refractivity contribution in [1.82, 2.24) is 5.32 Å². The molecule has 158 valence electrons. The van der Waals surface area contributed by atoms with E-state index in [1.807, 2.05) is 66.7 Å². The molecule has 0 spiro atoms. The van der Waals surface area contributed by atoms with Gasteiger partial charge in [-0.15, -0.1) is 0 Å². The summed E-state index contributed by atoms with van der Waals surface area (Å²) in [5, 5.41) is 3.30. The largest absolute Gasteiger partial charge is 0.307 e. The van der Waals surface area contributed by atoms with Crippen LogP contribution in [0.4, 0.5) is 0 Å². The monoisotopic (exact) mass is 475 g/mol. The van der Waals surface area contributed by atoms with Crippen LogP contribution in [0.2, 0.25) is 5.02 Å². The van der Waals surface area contributed by atoms with E-state index in [0.29, 0.717) is 19.8 Å². The van der Waals surface area contributed by atoms with Crippen LogP contribution in [0.15, 0.2) is 95.9 Å². The molecular formula is C26H18ClNO2S2. The number of benzene rings is 3. The Kier molecular flexibility index (Phi) is 7.00. The van der Waals surface area contributed by atoms with Crippen LogP contribution in [0.1, 0.15) is 27.9 Å². The third-order valence-electron chi connectivity index (χ3n) is 4.93. The zero-order chi connectivity index (χ0) is 22.5. The first-order valence-corrected chi connectivity index (χ1v) is 11.5. The summed E-state index contributed by atoms with van der Waals surface area (Å²) in [6.07, 6.45) is 2.08. The molecule has 1 amide bonds. The van der Waals surface area contributed by atoms with Crippen molar-refractivity contribution in [2.45, 2.75) is 6.42 Å². The quantitative estimate of drug-likeness (QED) is 0.249. The Morgan fingerprint density at radius 2 is 1.47 bits per heavy atom. The van der Waals surface area contributed by atoms with E-state index >= 15 is 0 Å². The molecule has 3 nitrogen and oxygen atoms in total. The molecule has 3 aromatic carbocycles. The van der Waals surface area contributed by atoms with Crippen molar-refractivity contribution in [2.24, 2.45) is 0 Å². The zero-order valence-electron chi connectivity index (χ0n) is 16.9. The number of carbonyl (C=O) groups excluding carboxylic acids is 2. The molecule has 1 N–H and O–H groups in total. The van der Waals surface area contributed by atoms with Crippen LogP contribution in [-0.4, -0.2) is 16.0 Å². The van der Waals surface area contributed by atoms with Crippen LogP contribution in [0.3, 0.4) is 0 Å². The van der Waals surface area contributed by atoms with Gasteiger partial charge >= 0.3 is 0 Å². The SMILES string of the molecule is O=C1NC(=S)SC1=C(C=C(CC(=O)c1ccccc1)c1ccc(Cl)cc1)c1ccccc1. The first-order chi connectivity index (χ1) is 15.5. The fraction of sp³-hybridized carbons (Fsp3) is 0.0385. The number of Topliss-reactive ketones (excluding diaryl/α,β-unsaturated/α-hetero) is 1. The third-order valence-corrected chi connectivity index (χ3v) is 6.43. The van der Waals surface area contributed by atoms with Gasteiger partial charge in [0.25, 0.3) is 5.91 Å². The summed E-state index contributed by atoms with van der Waals surface area (Å²) in [5.74, 6) is -0.247. The minimum Gasteiger partial charge on any atom is -0.307 e. The van der Waals surface area contributed by atoms with Gasteiger partial charge in [0.05, 0.1) is 4.91 Å². The van der Waals surface area contributed by atoms with Gasteiger partial charge in [-0.25, -0.2) is 0 Å². The molecule has 1 aliphatic rings. The second-order valence-electron chi connectivity index (χ2n) is 7.09. The molecule has 1 aliphatic heterocycles. The van der Waals surface area contributed by atoms with Crippen LogP contribution in [0.5, 0.6) is 0 Å². The summed E-state index contributed by atoms with van der Waals surface area (Å²) < 4.78 is 0.417. The molecule has 0 saturated carbocycles. The number of halogens is 1. The predicted octanol–water partition coefficient (Wildman–Crippen LogP) is 6.56. The molecule has 0 radical (unpaired) electrons. The normalized spacial score (nSPS) is 15.5. The number of carbonyl (C=O) groups is 2. The van der Waals surface area contributed by atoms with E-state index < -0.39 is 0 Å². The molecule has 0 aromatic heterocycles. The van der Waals surface area contributed by atoms with E-state index in [-0.39, 0.29) is 18.1 Å². The number of amides is 1. The highest BCUT2D eigenvalue weighted by Crippen LogP contribution is 2.35. The van der Waals surface area contributed by atoms with E-state index in [1.54, 1.807) is 24.3 Å². The molecule has 0 bridgehead atoms. The fourth-order valence-corrected chi connectivity index (χ4v) is 4.59. The van der Waals surface area contributed by atoms with Gasteiger partial charge in [-0.3, -0.25) is 9.59 Å². The second kappa shape index (κ2) is 10.1. The number of ketones is 1. The van der Waals surface area contributed by atoms with Crippen molar-refractivity contribution < 1.29 is 9.59 Å². The van der Waals surface area contributed by atoms with Crippen LogP contribution < -0.4 is 5.32 Å². The molecular weight excluding hydrogens is 458 g/mol. The highest BCUT2D eigenvalue weighted by molar-refractivity contribution is 8.26. The Morgan fingerprint density at radius 3 is 2.03 bits per heavy atom. The molecule has 0 unspecified atom stereocenters. The van der Waals surface area contributed by atoms with Crippen molar-refractivity contribution in [3.63, 3.8) is 0 Å². The minimum absolute atomic E-state index is 0.0109. The summed E-state index contributed by atoms with van der Waals surface area (Å²) in [6.45, 7) is 0. The standard InChI is InChI=1S/C26H18ClNO2S2/c27-21-13-11-17(12-14-21)20(16-23(29)19-9-5-2-6-10-19)15-22(18-7-3-1-4-8-18)24-25(30)28-26(31)32-24/h1-15H,16H2,(H,28,30,31). The maximum Gasteiger partial charge on any atom is 0.264 e. The number of nitrogens with one attached hydrogen (secondary N) is 1. The number of hydrogen-bond donors (Lipinski definition) is 1. The first kappa shape index (κ1) is 22.2. The summed E-state index contributed by atoms with van der Waals surface area (Å²) in [4.78, 5) is 26.2. The maximum absolute atomic E-state index is 13.1. The van der Waals surface area contributed by atoms with E-state index in [1.165, 1.54) is 11.8 Å². The summed E-state index contributed by atoms with van der Waals surface area (Å²) >= 11 is 12.5. The first-order valence-electron chi connectivity index (χ1n) is 9.89. The number of allylic oxidation sites excluding steroid dienone is 3. The third kappa shape index (κ3) is 5.25. The topological polar surface area (TPSA) is 46.2 Å². The second-order valence-corrected chi connectivity index (χ2v) is 9.22. The lowest BCUT2D eigenvalue weighted by atomic mass is 9.93. The van der Waals surface area contributed by atoms with E-state index in [0.717, 1.165) is 22.3 Å². The molecule has 32 heavy (non-hydrogen) atoms. The van der Waals surface area contributed by atoms with Gasteiger partial charge < -0.3 is 5.32 Å². The lowest BCUT2D eigenvalue weighted by Gasteiger charge is -2.12. The Labute approximate surface area is 201 Å². The van der Waals surface area contributed by atoms with Crippen LogP contribution in [0.25, 0.3) is 11.1 Å². The number of hydrogen-bond acceptors (Lipinski definition) is 4. The van der Waals surface area contributed by atoms with Crippen molar-refractivity contribution in [1.29, 1.82) is 0 Å². The van der Waals surface area contributed by atoms with Crippen molar-refractivity contribution in [2.75, 3.05) is 0 Å². The molecule has 6 heteroatoms. The molecule has 0 aliphatic carbocycles. The number of thioether (sulfide) groups is 1. The predicted molar refractivity (Wildman–Crippen MR) is 137 cm³/mol. The number of thiocarbonyl (C=S) groups is 1. The van der Waals surface area contributed by atoms with Crippen LogP contribution >= 0.6 is 35.6 Å². The Hall–Kier alpha value is -2.99. The highest BCUT2D eigenvalue weighted by atomic mass is 35.5. The Bertz CT molecular complexity index is 1230. The van der Waals surface area contributed by atoms with Crippen molar-refractivity contribution in [3.05, 3.63) is 118 Å².